The predicted molar refractivity (Wildman–Crippen MR) is 80.9 cm³/mol. The van der Waals surface area contributed by atoms with E-state index in [1.54, 1.807) is 4.68 Å². The van der Waals surface area contributed by atoms with Gasteiger partial charge in [0.1, 0.15) is 11.4 Å². The van der Waals surface area contributed by atoms with Gasteiger partial charge in [0.05, 0.1) is 5.69 Å². The maximum Gasteiger partial charge on any atom is 0.241 e. The van der Waals surface area contributed by atoms with E-state index in [9.17, 15) is 0 Å². The highest BCUT2D eigenvalue weighted by Crippen LogP contribution is 2.33. The molecule has 0 amide bonds. The zero-order valence-electron chi connectivity index (χ0n) is 10.6. The van der Waals surface area contributed by atoms with Gasteiger partial charge >= 0.3 is 0 Å². The summed E-state index contributed by atoms with van der Waals surface area (Å²) in [5, 5.41) is 4.39. The molecule has 0 saturated heterocycles. The second kappa shape index (κ2) is 5.17. The maximum absolute atomic E-state index is 6.07. The summed E-state index contributed by atoms with van der Waals surface area (Å²) >= 11 is 2.26. The van der Waals surface area contributed by atoms with E-state index in [2.05, 4.69) is 41.5 Å². The molecule has 0 atom stereocenters. The third-order valence-electron chi connectivity index (χ3n) is 2.63. The van der Waals surface area contributed by atoms with E-state index in [4.69, 9.17) is 10.5 Å². The summed E-state index contributed by atoms with van der Waals surface area (Å²) in [6, 6.07) is 7.82. The zero-order chi connectivity index (χ0) is 13.3. The van der Waals surface area contributed by atoms with Crippen LogP contribution in [0.2, 0.25) is 0 Å². The number of benzene rings is 1. The quantitative estimate of drug-likeness (QED) is 0.856. The van der Waals surface area contributed by atoms with Crippen LogP contribution in [-0.4, -0.2) is 9.78 Å². The fourth-order valence-corrected chi connectivity index (χ4v) is 2.07. The monoisotopic (exact) mass is 357 g/mol. The average Bonchev–Trinajstić information content (AvgIpc) is 2.60. The molecular formula is C13H16IN3O. The lowest BCUT2D eigenvalue weighted by Crippen LogP contribution is -1.97. The van der Waals surface area contributed by atoms with Crippen molar-refractivity contribution in [1.29, 1.82) is 0 Å². The Labute approximate surface area is 120 Å². The molecule has 0 aliphatic heterocycles. The third kappa shape index (κ3) is 2.60. The largest absolute Gasteiger partial charge is 0.437 e. The van der Waals surface area contributed by atoms with E-state index >= 15 is 0 Å². The van der Waals surface area contributed by atoms with Crippen molar-refractivity contribution in [3.05, 3.63) is 33.5 Å². The summed E-state index contributed by atoms with van der Waals surface area (Å²) in [5.74, 6) is 1.64. The van der Waals surface area contributed by atoms with Gasteiger partial charge in [-0.25, -0.2) is 4.68 Å². The van der Waals surface area contributed by atoms with Crippen LogP contribution in [0.3, 0.4) is 0 Å². The molecule has 2 N–H and O–H groups in total. The molecule has 5 heteroatoms. The lowest BCUT2D eigenvalue weighted by molar-refractivity contribution is 0.432. The molecule has 2 aromatic rings. The van der Waals surface area contributed by atoms with Gasteiger partial charge in [-0.1, -0.05) is 13.8 Å². The number of rotatable bonds is 3. The molecule has 0 unspecified atom stereocenters. The fraction of sp³-hybridized carbons (Fsp3) is 0.308. The Hall–Kier alpha value is -1.24. The van der Waals surface area contributed by atoms with E-state index in [0.29, 0.717) is 11.6 Å². The number of nitrogen functional groups attached to an aromatic ring is 1. The Morgan fingerprint density at radius 1 is 1.28 bits per heavy atom. The van der Waals surface area contributed by atoms with Crippen LogP contribution in [0.15, 0.2) is 24.3 Å². The maximum atomic E-state index is 6.07. The molecule has 0 saturated carbocycles. The van der Waals surface area contributed by atoms with Crippen molar-refractivity contribution < 1.29 is 4.74 Å². The summed E-state index contributed by atoms with van der Waals surface area (Å²) < 4.78 is 8.65. The lowest BCUT2D eigenvalue weighted by atomic mass is 10.1. The third-order valence-corrected chi connectivity index (χ3v) is 3.35. The van der Waals surface area contributed by atoms with E-state index < -0.39 is 0 Å². The van der Waals surface area contributed by atoms with Crippen LogP contribution in [0.4, 0.5) is 5.69 Å². The van der Waals surface area contributed by atoms with Gasteiger partial charge in [0.15, 0.2) is 0 Å². The summed E-state index contributed by atoms with van der Waals surface area (Å²) in [4.78, 5) is 0. The Morgan fingerprint density at radius 3 is 2.39 bits per heavy atom. The standard InChI is InChI=1S/C13H16IN3O/c1-8(2)12-11(15)13(17(3)16-12)18-10-6-4-9(14)5-7-10/h4-8H,15H2,1-3H3. The first-order valence-electron chi connectivity index (χ1n) is 5.75. The van der Waals surface area contributed by atoms with Gasteiger partial charge < -0.3 is 10.5 Å². The van der Waals surface area contributed by atoms with Crippen molar-refractivity contribution in [3.63, 3.8) is 0 Å². The predicted octanol–water partition coefficient (Wildman–Crippen LogP) is 3.52. The van der Waals surface area contributed by atoms with Crippen molar-refractivity contribution in [2.24, 2.45) is 7.05 Å². The van der Waals surface area contributed by atoms with Crippen LogP contribution in [0, 0.1) is 3.57 Å². The van der Waals surface area contributed by atoms with Gasteiger partial charge in [0.25, 0.3) is 0 Å². The Bertz CT molecular complexity index is 546. The SMILES string of the molecule is CC(C)c1nn(C)c(Oc2ccc(I)cc2)c1N. The second-order valence-electron chi connectivity index (χ2n) is 4.44. The lowest BCUT2D eigenvalue weighted by Gasteiger charge is -2.06. The van der Waals surface area contributed by atoms with E-state index in [1.807, 2.05) is 31.3 Å². The molecule has 0 aliphatic rings. The highest BCUT2D eigenvalue weighted by Gasteiger charge is 2.17. The first kappa shape index (κ1) is 13.2. The van der Waals surface area contributed by atoms with Gasteiger partial charge in [0, 0.05) is 10.6 Å². The van der Waals surface area contributed by atoms with Crippen LogP contribution in [0.25, 0.3) is 0 Å². The van der Waals surface area contributed by atoms with Crippen molar-refractivity contribution in [2.45, 2.75) is 19.8 Å². The van der Waals surface area contributed by atoms with Crippen molar-refractivity contribution >= 4 is 28.3 Å². The smallest absolute Gasteiger partial charge is 0.241 e. The minimum Gasteiger partial charge on any atom is -0.437 e. The molecule has 0 spiro atoms. The first-order chi connectivity index (χ1) is 8.49. The molecule has 1 aromatic carbocycles. The molecule has 1 aromatic heterocycles. The van der Waals surface area contributed by atoms with Crippen molar-refractivity contribution in [3.8, 4) is 11.6 Å². The summed E-state index contributed by atoms with van der Waals surface area (Å²) in [6.07, 6.45) is 0. The first-order valence-corrected chi connectivity index (χ1v) is 6.82. The average molecular weight is 357 g/mol. The van der Waals surface area contributed by atoms with Crippen LogP contribution >= 0.6 is 22.6 Å². The number of anilines is 1. The van der Waals surface area contributed by atoms with Crippen LogP contribution in [-0.2, 0) is 7.05 Å². The summed E-state index contributed by atoms with van der Waals surface area (Å²) in [5.41, 5.74) is 7.56. The van der Waals surface area contributed by atoms with Crippen LogP contribution < -0.4 is 10.5 Å². The number of hydrogen-bond donors (Lipinski definition) is 1. The van der Waals surface area contributed by atoms with Crippen LogP contribution in [0.5, 0.6) is 11.6 Å². The van der Waals surface area contributed by atoms with Gasteiger partial charge in [-0.3, -0.25) is 0 Å². The number of halogens is 1. The molecule has 1 heterocycles. The summed E-state index contributed by atoms with van der Waals surface area (Å²) in [6.45, 7) is 4.13. The molecule has 4 nitrogen and oxygen atoms in total. The molecule has 0 fully saturated rings. The highest BCUT2D eigenvalue weighted by atomic mass is 127. The number of aromatic nitrogens is 2. The molecule has 18 heavy (non-hydrogen) atoms. The minimum atomic E-state index is 0.283. The van der Waals surface area contributed by atoms with Gasteiger partial charge in [-0.2, -0.15) is 5.10 Å². The summed E-state index contributed by atoms with van der Waals surface area (Å²) in [7, 11) is 1.84. The second-order valence-corrected chi connectivity index (χ2v) is 5.68. The molecule has 2 rings (SSSR count). The molecule has 96 valence electrons. The van der Waals surface area contributed by atoms with Gasteiger partial charge in [0.2, 0.25) is 5.88 Å². The van der Waals surface area contributed by atoms with Crippen molar-refractivity contribution in [2.75, 3.05) is 5.73 Å². The molecule has 0 bridgehead atoms. The molecule has 0 radical (unpaired) electrons. The van der Waals surface area contributed by atoms with E-state index in [0.717, 1.165) is 11.4 Å². The number of ether oxygens (including phenoxy) is 1. The topological polar surface area (TPSA) is 53.1 Å². The molecule has 0 aliphatic carbocycles. The number of nitrogens with two attached hydrogens (primary N) is 1. The normalized spacial score (nSPS) is 10.9. The number of hydrogen-bond acceptors (Lipinski definition) is 3. The number of aryl methyl sites for hydroxylation is 1. The fourth-order valence-electron chi connectivity index (χ4n) is 1.71. The van der Waals surface area contributed by atoms with Gasteiger partial charge in [-0.15, -0.1) is 0 Å². The van der Waals surface area contributed by atoms with E-state index in [1.165, 1.54) is 3.57 Å². The highest BCUT2D eigenvalue weighted by molar-refractivity contribution is 14.1. The minimum absolute atomic E-state index is 0.283. The molecular weight excluding hydrogens is 341 g/mol. The van der Waals surface area contributed by atoms with Crippen LogP contribution in [0.1, 0.15) is 25.5 Å². The Kier molecular flexibility index (Phi) is 3.79. The number of nitrogens with zero attached hydrogens (tertiary/aromatic N) is 2. The zero-order valence-corrected chi connectivity index (χ0v) is 12.8. The Morgan fingerprint density at radius 2 is 1.89 bits per heavy atom. The van der Waals surface area contributed by atoms with Gasteiger partial charge in [-0.05, 0) is 52.8 Å². The van der Waals surface area contributed by atoms with E-state index in [-0.39, 0.29) is 5.92 Å². The van der Waals surface area contributed by atoms with Crippen molar-refractivity contribution in [1.82, 2.24) is 9.78 Å². The Balaban J connectivity index is 2.32.